The molecule has 2 heteroatoms. The summed E-state index contributed by atoms with van der Waals surface area (Å²) in [5, 5.41) is 0. The average Bonchev–Trinajstić information content (AvgIpc) is 2.46. The lowest BCUT2D eigenvalue weighted by atomic mass is 10.1. The first kappa shape index (κ1) is 9.33. The summed E-state index contributed by atoms with van der Waals surface area (Å²) in [5.41, 5.74) is 6.73. The van der Waals surface area contributed by atoms with Crippen molar-refractivity contribution in [2.75, 3.05) is 0 Å². The van der Waals surface area contributed by atoms with Crippen molar-refractivity contribution in [1.29, 1.82) is 0 Å². The zero-order chi connectivity index (χ0) is 9.14. The summed E-state index contributed by atoms with van der Waals surface area (Å²) in [4.78, 5) is 0. The Morgan fingerprint density at radius 1 is 1.50 bits per heavy atom. The highest BCUT2D eigenvalue weighted by molar-refractivity contribution is 5.23. The molecule has 0 fully saturated rings. The van der Waals surface area contributed by atoms with E-state index in [1.165, 1.54) is 0 Å². The Kier molecular flexibility index (Phi) is 2.93. The van der Waals surface area contributed by atoms with Crippen molar-refractivity contribution < 1.29 is 4.42 Å². The average molecular weight is 167 g/mol. The van der Waals surface area contributed by atoms with Crippen molar-refractivity contribution in [2.24, 2.45) is 5.73 Å². The largest absolute Gasteiger partial charge is 0.465 e. The van der Waals surface area contributed by atoms with Gasteiger partial charge in [0, 0.05) is 24.4 Å². The van der Waals surface area contributed by atoms with Gasteiger partial charge >= 0.3 is 0 Å². The van der Waals surface area contributed by atoms with Gasteiger partial charge < -0.3 is 10.2 Å². The van der Waals surface area contributed by atoms with Crippen LogP contribution in [0, 0.1) is 0 Å². The van der Waals surface area contributed by atoms with Gasteiger partial charge in [0.2, 0.25) is 0 Å². The maximum Gasteiger partial charge on any atom is 0.108 e. The van der Waals surface area contributed by atoms with Crippen LogP contribution in [0.2, 0.25) is 0 Å². The van der Waals surface area contributed by atoms with Gasteiger partial charge in [-0.1, -0.05) is 20.8 Å². The molecule has 1 aromatic rings. The van der Waals surface area contributed by atoms with Gasteiger partial charge in [0.05, 0.1) is 0 Å². The summed E-state index contributed by atoms with van der Waals surface area (Å²) in [5.74, 6) is 2.55. The van der Waals surface area contributed by atoms with Gasteiger partial charge in [0.1, 0.15) is 11.5 Å². The fourth-order valence-electron chi connectivity index (χ4n) is 1.25. The number of aryl methyl sites for hydroxylation is 1. The molecule has 0 bridgehead atoms. The Labute approximate surface area is 73.8 Å². The minimum absolute atomic E-state index is 0.454. The van der Waals surface area contributed by atoms with Gasteiger partial charge in [0.15, 0.2) is 0 Å². The van der Waals surface area contributed by atoms with E-state index in [1.54, 1.807) is 0 Å². The molecule has 0 amide bonds. The van der Waals surface area contributed by atoms with Gasteiger partial charge in [-0.2, -0.15) is 0 Å². The molecule has 1 heterocycles. The van der Waals surface area contributed by atoms with Crippen molar-refractivity contribution in [3.8, 4) is 0 Å². The Balaban J connectivity index is 2.97. The number of nitrogens with two attached hydrogens (primary N) is 1. The predicted octanol–water partition coefficient (Wildman–Crippen LogP) is 2.42. The highest BCUT2D eigenvalue weighted by atomic mass is 16.3. The summed E-state index contributed by atoms with van der Waals surface area (Å²) in [6.45, 7) is 6.92. The normalized spacial score (nSPS) is 11.1. The van der Waals surface area contributed by atoms with Gasteiger partial charge in [0.25, 0.3) is 0 Å². The van der Waals surface area contributed by atoms with E-state index in [2.05, 4.69) is 26.8 Å². The Morgan fingerprint density at radius 2 is 2.17 bits per heavy atom. The van der Waals surface area contributed by atoms with E-state index in [0.717, 1.165) is 23.5 Å². The monoisotopic (exact) mass is 167 g/mol. The molecule has 0 spiro atoms. The molecule has 2 nitrogen and oxygen atoms in total. The molecule has 1 aromatic heterocycles. The van der Waals surface area contributed by atoms with Crippen molar-refractivity contribution >= 4 is 0 Å². The molecule has 0 aromatic carbocycles. The number of hydrogen-bond acceptors (Lipinski definition) is 2. The third-order valence-corrected chi connectivity index (χ3v) is 2.03. The standard InChI is InChI=1S/C10H17NO/c1-4-9-8(6-11)5-10(12-9)7(2)3/h5,7H,4,6,11H2,1-3H3. The number of rotatable bonds is 3. The van der Waals surface area contributed by atoms with Crippen molar-refractivity contribution in [3.05, 3.63) is 23.2 Å². The third kappa shape index (κ3) is 1.69. The third-order valence-electron chi connectivity index (χ3n) is 2.03. The first-order chi connectivity index (χ1) is 5.69. The molecule has 68 valence electrons. The molecule has 0 aliphatic rings. The first-order valence-electron chi connectivity index (χ1n) is 4.50. The number of hydrogen-bond donors (Lipinski definition) is 1. The Morgan fingerprint density at radius 3 is 2.50 bits per heavy atom. The quantitative estimate of drug-likeness (QED) is 0.751. The van der Waals surface area contributed by atoms with E-state index >= 15 is 0 Å². The van der Waals surface area contributed by atoms with Crippen LogP contribution in [0.25, 0.3) is 0 Å². The fraction of sp³-hybridized carbons (Fsp3) is 0.600. The Hall–Kier alpha value is -0.760. The second-order valence-electron chi connectivity index (χ2n) is 3.31. The first-order valence-corrected chi connectivity index (χ1v) is 4.50. The van der Waals surface area contributed by atoms with E-state index in [9.17, 15) is 0 Å². The zero-order valence-electron chi connectivity index (χ0n) is 8.05. The smallest absolute Gasteiger partial charge is 0.108 e. The molecule has 0 radical (unpaired) electrons. The van der Waals surface area contributed by atoms with Crippen LogP contribution in [0.3, 0.4) is 0 Å². The molecule has 2 N–H and O–H groups in total. The van der Waals surface area contributed by atoms with Gasteiger partial charge in [-0.3, -0.25) is 0 Å². The Bertz CT molecular complexity index is 229. The van der Waals surface area contributed by atoms with Gasteiger partial charge in [-0.25, -0.2) is 0 Å². The summed E-state index contributed by atoms with van der Waals surface area (Å²) in [6.07, 6.45) is 0.930. The molecule has 12 heavy (non-hydrogen) atoms. The summed E-state index contributed by atoms with van der Waals surface area (Å²) in [7, 11) is 0. The molecule has 0 saturated carbocycles. The van der Waals surface area contributed by atoms with Crippen LogP contribution in [-0.4, -0.2) is 0 Å². The molecule has 1 rings (SSSR count). The lowest BCUT2D eigenvalue weighted by Gasteiger charge is -1.97. The van der Waals surface area contributed by atoms with Crippen LogP contribution in [-0.2, 0) is 13.0 Å². The molecular weight excluding hydrogens is 150 g/mol. The zero-order valence-corrected chi connectivity index (χ0v) is 8.05. The van der Waals surface area contributed by atoms with Crippen LogP contribution >= 0.6 is 0 Å². The molecule has 0 unspecified atom stereocenters. The molecule has 0 saturated heterocycles. The van der Waals surface area contributed by atoms with Crippen molar-refractivity contribution in [3.63, 3.8) is 0 Å². The predicted molar refractivity (Wildman–Crippen MR) is 50.1 cm³/mol. The minimum Gasteiger partial charge on any atom is -0.465 e. The lowest BCUT2D eigenvalue weighted by molar-refractivity contribution is 0.449. The van der Waals surface area contributed by atoms with Gasteiger partial charge in [-0.15, -0.1) is 0 Å². The van der Waals surface area contributed by atoms with Crippen LogP contribution < -0.4 is 5.73 Å². The van der Waals surface area contributed by atoms with E-state index < -0.39 is 0 Å². The lowest BCUT2D eigenvalue weighted by Crippen LogP contribution is -1.96. The highest BCUT2D eigenvalue weighted by Gasteiger charge is 2.10. The topological polar surface area (TPSA) is 39.2 Å². The summed E-state index contributed by atoms with van der Waals surface area (Å²) in [6, 6.07) is 2.07. The summed E-state index contributed by atoms with van der Waals surface area (Å²) >= 11 is 0. The van der Waals surface area contributed by atoms with E-state index in [1.807, 2.05) is 0 Å². The molecule has 0 aliphatic heterocycles. The SMILES string of the molecule is CCc1oc(C(C)C)cc1CN. The van der Waals surface area contributed by atoms with Crippen molar-refractivity contribution in [2.45, 2.75) is 39.7 Å². The number of furan rings is 1. The highest BCUT2D eigenvalue weighted by Crippen LogP contribution is 2.22. The second kappa shape index (κ2) is 3.76. The minimum atomic E-state index is 0.454. The van der Waals surface area contributed by atoms with Crippen LogP contribution in [0.4, 0.5) is 0 Å². The van der Waals surface area contributed by atoms with E-state index in [-0.39, 0.29) is 0 Å². The second-order valence-corrected chi connectivity index (χ2v) is 3.31. The van der Waals surface area contributed by atoms with Crippen LogP contribution in [0.5, 0.6) is 0 Å². The van der Waals surface area contributed by atoms with E-state index in [0.29, 0.717) is 12.5 Å². The van der Waals surface area contributed by atoms with E-state index in [4.69, 9.17) is 10.2 Å². The van der Waals surface area contributed by atoms with Crippen LogP contribution in [0.15, 0.2) is 10.5 Å². The van der Waals surface area contributed by atoms with Crippen LogP contribution in [0.1, 0.15) is 43.8 Å². The molecular formula is C10H17NO. The summed E-state index contributed by atoms with van der Waals surface area (Å²) < 4.78 is 5.64. The van der Waals surface area contributed by atoms with Crippen molar-refractivity contribution in [1.82, 2.24) is 0 Å². The maximum atomic E-state index is 5.64. The molecule has 0 atom stereocenters. The maximum absolute atomic E-state index is 5.64. The molecule has 0 aliphatic carbocycles. The van der Waals surface area contributed by atoms with Gasteiger partial charge in [-0.05, 0) is 6.07 Å². The fourth-order valence-corrected chi connectivity index (χ4v) is 1.25.